The summed E-state index contributed by atoms with van der Waals surface area (Å²) in [6.07, 6.45) is -2.19. The molecule has 0 spiro atoms. The van der Waals surface area contributed by atoms with Crippen molar-refractivity contribution in [1.82, 2.24) is 15.2 Å². The van der Waals surface area contributed by atoms with Crippen molar-refractivity contribution in [2.24, 2.45) is 0 Å². The third kappa shape index (κ3) is 6.03. The molecule has 1 aromatic heterocycles. The molecular weight excluding hydrogens is 554 g/mol. The van der Waals surface area contributed by atoms with Gasteiger partial charge in [-0.2, -0.15) is 13.2 Å². The van der Waals surface area contributed by atoms with Crippen molar-refractivity contribution in [2.45, 2.75) is 81.1 Å². The molecule has 3 amide bonds. The molecule has 3 aliphatic rings. The molecular formula is C28H28F6N4O3. The average Bonchev–Trinajstić information content (AvgIpc) is 3.73. The molecule has 2 aliphatic carbocycles. The number of nitrogens with one attached hydrogen (secondary N) is 1. The summed E-state index contributed by atoms with van der Waals surface area (Å²) < 4.78 is 85.7. The predicted molar refractivity (Wildman–Crippen MR) is 135 cm³/mol. The first kappa shape index (κ1) is 28.9. The van der Waals surface area contributed by atoms with Crippen LogP contribution in [-0.2, 0) is 15.8 Å². The molecule has 7 nitrogen and oxygen atoms in total. The second-order valence-corrected chi connectivity index (χ2v) is 10.8. The number of hydrogen-bond donors (Lipinski definition) is 1. The lowest BCUT2D eigenvalue weighted by Crippen LogP contribution is -2.59. The lowest BCUT2D eigenvalue weighted by molar-refractivity contribution is -0.138. The Morgan fingerprint density at radius 1 is 1.10 bits per heavy atom. The van der Waals surface area contributed by atoms with Gasteiger partial charge in [-0.15, -0.1) is 0 Å². The molecule has 2 heterocycles. The number of carbonyl (C=O) groups is 3. The number of hydrogen-bond acceptors (Lipinski definition) is 4. The predicted octanol–water partition coefficient (Wildman–Crippen LogP) is 5.75. The zero-order valence-electron chi connectivity index (χ0n) is 21.8. The number of likely N-dealkylation sites (tertiary alicyclic amines) is 1. The number of carbonyl (C=O) groups excluding carboxylic acids is 3. The first-order chi connectivity index (χ1) is 19.4. The number of alkyl halides is 5. The molecule has 41 heavy (non-hydrogen) atoms. The summed E-state index contributed by atoms with van der Waals surface area (Å²) in [6, 6.07) is -0.211. The molecule has 1 aliphatic heterocycles. The van der Waals surface area contributed by atoms with Crippen molar-refractivity contribution in [2.75, 3.05) is 11.4 Å². The minimum absolute atomic E-state index is 0.0612. The monoisotopic (exact) mass is 582 g/mol. The van der Waals surface area contributed by atoms with Crippen molar-refractivity contribution in [3.63, 3.8) is 0 Å². The SMILES string of the molecule is O=C[C@H]1CCN1C(=O)N(c1ccc(C2CC2)cc1F)C(C(=O)NC1CCC(F)(F)CC1)c1cnccc1C(F)(F)F. The first-order valence-corrected chi connectivity index (χ1v) is 13.4. The second kappa shape index (κ2) is 11.0. The minimum atomic E-state index is -4.98. The largest absolute Gasteiger partial charge is 0.416 e. The van der Waals surface area contributed by atoms with E-state index in [4.69, 9.17) is 0 Å². The van der Waals surface area contributed by atoms with Crippen LogP contribution in [0.15, 0.2) is 36.7 Å². The molecule has 220 valence electrons. The van der Waals surface area contributed by atoms with E-state index in [1.165, 1.54) is 12.1 Å². The number of halogens is 6. The summed E-state index contributed by atoms with van der Waals surface area (Å²) in [7, 11) is 0. The number of anilines is 1. The Labute approximate surface area is 231 Å². The van der Waals surface area contributed by atoms with Gasteiger partial charge in [0.2, 0.25) is 11.8 Å². The van der Waals surface area contributed by atoms with Gasteiger partial charge in [0.05, 0.1) is 17.3 Å². The molecule has 2 saturated carbocycles. The van der Waals surface area contributed by atoms with E-state index >= 15 is 4.39 Å². The van der Waals surface area contributed by atoms with Crippen LogP contribution in [-0.4, -0.2) is 52.7 Å². The van der Waals surface area contributed by atoms with Gasteiger partial charge >= 0.3 is 12.2 Å². The first-order valence-electron chi connectivity index (χ1n) is 13.4. The second-order valence-electron chi connectivity index (χ2n) is 10.8. The van der Waals surface area contributed by atoms with Gasteiger partial charge in [-0.05, 0) is 61.8 Å². The van der Waals surface area contributed by atoms with Crippen LogP contribution >= 0.6 is 0 Å². The Hall–Kier alpha value is -3.64. The number of urea groups is 1. The Bertz CT molecular complexity index is 1320. The zero-order chi connectivity index (χ0) is 29.5. The highest BCUT2D eigenvalue weighted by molar-refractivity contribution is 6.02. The van der Waals surface area contributed by atoms with E-state index in [1.54, 1.807) is 6.07 Å². The lowest BCUT2D eigenvalue weighted by atomic mass is 9.91. The Morgan fingerprint density at radius 3 is 2.37 bits per heavy atom. The van der Waals surface area contributed by atoms with Gasteiger partial charge in [-0.1, -0.05) is 6.07 Å². The third-order valence-corrected chi connectivity index (χ3v) is 7.98. The molecule has 1 saturated heterocycles. The van der Waals surface area contributed by atoms with Crippen LogP contribution in [0.2, 0.25) is 0 Å². The van der Waals surface area contributed by atoms with E-state index in [1.807, 2.05) is 0 Å². The van der Waals surface area contributed by atoms with Crippen LogP contribution in [0.4, 0.5) is 36.8 Å². The summed E-state index contributed by atoms with van der Waals surface area (Å²) in [6.45, 7) is 0.0612. The normalized spacial score (nSPS) is 21.5. The molecule has 0 radical (unpaired) electrons. The van der Waals surface area contributed by atoms with Gasteiger partial charge in [0.15, 0.2) is 0 Å². The molecule has 1 N–H and O–H groups in total. The Balaban J connectivity index is 1.62. The molecule has 3 fully saturated rings. The summed E-state index contributed by atoms with van der Waals surface area (Å²) in [4.78, 5) is 44.7. The van der Waals surface area contributed by atoms with Crippen molar-refractivity contribution in [3.8, 4) is 0 Å². The van der Waals surface area contributed by atoms with Gasteiger partial charge in [-0.25, -0.2) is 18.0 Å². The molecule has 0 bridgehead atoms. The molecule has 1 unspecified atom stereocenters. The van der Waals surface area contributed by atoms with E-state index in [2.05, 4.69) is 10.3 Å². The molecule has 2 atom stereocenters. The number of pyridine rings is 1. The third-order valence-electron chi connectivity index (χ3n) is 7.98. The van der Waals surface area contributed by atoms with Gasteiger partial charge in [0.1, 0.15) is 18.1 Å². The summed E-state index contributed by atoms with van der Waals surface area (Å²) in [5, 5.41) is 2.53. The average molecular weight is 583 g/mol. The van der Waals surface area contributed by atoms with Gasteiger partial charge < -0.3 is 15.0 Å². The van der Waals surface area contributed by atoms with Crippen LogP contribution in [0.1, 0.15) is 73.6 Å². The van der Waals surface area contributed by atoms with Crippen LogP contribution in [0, 0.1) is 5.82 Å². The number of aldehydes is 1. The number of nitrogens with zero attached hydrogens (tertiary/aromatic N) is 3. The topological polar surface area (TPSA) is 82.6 Å². The summed E-state index contributed by atoms with van der Waals surface area (Å²) in [5.41, 5.74) is -1.80. The van der Waals surface area contributed by atoms with E-state index in [-0.39, 0.29) is 25.3 Å². The van der Waals surface area contributed by atoms with Crippen molar-refractivity contribution in [1.29, 1.82) is 0 Å². The number of aromatic nitrogens is 1. The van der Waals surface area contributed by atoms with Crippen molar-refractivity contribution < 1.29 is 40.7 Å². The van der Waals surface area contributed by atoms with E-state index < -0.39 is 77.6 Å². The van der Waals surface area contributed by atoms with Crippen molar-refractivity contribution in [3.05, 3.63) is 59.2 Å². The van der Waals surface area contributed by atoms with Gasteiger partial charge in [0.25, 0.3) is 0 Å². The van der Waals surface area contributed by atoms with Crippen molar-refractivity contribution >= 4 is 23.9 Å². The minimum Gasteiger partial charge on any atom is -0.351 e. The fourth-order valence-corrected chi connectivity index (χ4v) is 5.41. The summed E-state index contributed by atoms with van der Waals surface area (Å²) >= 11 is 0. The molecule has 13 heteroatoms. The Kier molecular flexibility index (Phi) is 7.73. The molecule has 5 rings (SSSR count). The van der Waals surface area contributed by atoms with Crippen LogP contribution in [0.3, 0.4) is 0 Å². The maximum atomic E-state index is 15.7. The van der Waals surface area contributed by atoms with Gasteiger partial charge in [-0.3, -0.25) is 14.7 Å². The zero-order valence-corrected chi connectivity index (χ0v) is 21.8. The van der Waals surface area contributed by atoms with Crippen LogP contribution in [0.5, 0.6) is 0 Å². The van der Waals surface area contributed by atoms with Crippen LogP contribution in [0.25, 0.3) is 0 Å². The highest BCUT2D eigenvalue weighted by Gasteiger charge is 2.46. The quantitative estimate of drug-likeness (QED) is 0.333. The summed E-state index contributed by atoms with van der Waals surface area (Å²) in [5.74, 6) is -4.85. The molecule has 2 aromatic rings. The number of rotatable bonds is 7. The highest BCUT2D eigenvalue weighted by atomic mass is 19.4. The molecule has 1 aromatic carbocycles. The smallest absolute Gasteiger partial charge is 0.351 e. The maximum Gasteiger partial charge on any atom is 0.416 e. The fraction of sp³-hybridized carbons (Fsp3) is 0.500. The van der Waals surface area contributed by atoms with E-state index in [0.29, 0.717) is 29.2 Å². The van der Waals surface area contributed by atoms with Gasteiger partial charge in [0, 0.05) is 43.4 Å². The lowest BCUT2D eigenvalue weighted by Gasteiger charge is -2.43. The number of amides is 3. The van der Waals surface area contributed by atoms with Crippen LogP contribution < -0.4 is 10.2 Å². The van der Waals surface area contributed by atoms with E-state index in [0.717, 1.165) is 30.1 Å². The number of benzene rings is 1. The maximum absolute atomic E-state index is 15.7. The highest BCUT2D eigenvalue weighted by Crippen LogP contribution is 2.43. The van der Waals surface area contributed by atoms with E-state index in [9.17, 15) is 36.3 Å². The standard InChI is InChI=1S/C28H28F6N4O3/c29-22-13-17(16-1-2-16)3-4-23(22)38(26(41)37-12-8-19(37)15-39)24(20-14-35-11-7-21(20)28(32,33)34)25(40)36-18-5-9-27(30,31)10-6-18/h3-4,7,11,13-16,18-19,24H,1-2,5-6,8-10,12H2,(H,36,40)/t19-,24?/m1/s1. The fourth-order valence-electron chi connectivity index (χ4n) is 5.41. The Morgan fingerprint density at radius 2 is 1.80 bits per heavy atom.